The molecule has 0 radical (unpaired) electrons. The van der Waals surface area contributed by atoms with Gasteiger partial charge in [0.1, 0.15) is 11.6 Å². The highest BCUT2D eigenvalue weighted by Gasteiger charge is 2.30. The van der Waals surface area contributed by atoms with Crippen molar-refractivity contribution < 1.29 is 0 Å². The number of rotatable bonds is 4. The molecule has 7 nitrogen and oxygen atoms in total. The fourth-order valence-corrected chi connectivity index (χ4v) is 3.89. The average Bonchev–Trinajstić information content (AvgIpc) is 3.01. The van der Waals surface area contributed by atoms with Crippen LogP contribution >= 0.6 is 0 Å². The van der Waals surface area contributed by atoms with Gasteiger partial charge >= 0.3 is 0 Å². The Bertz CT molecular complexity index is 699. The van der Waals surface area contributed by atoms with E-state index in [4.69, 9.17) is 0 Å². The molecule has 1 aliphatic carbocycles. The van der Waals surface area contributed by atoms with Gasteiger partial charge in [-0.3, -0.25) is 4.90 Å². The van der Waals surface area contributed by atoms with Crippen LogP contribution in [0.4, 0.5) is 0 Å². The fourth-order valence-electron chi connectivity index (χ4n) is 3.89. The number of aromatic nitrogens is 6. The van der Waals surface area contributed by atoms with E-state index in [2.05, 4.69) is 40.9 Å². The standard InChI is InChI=1S/C16H23N7/c1-2-7-22-15(3-1)18-19-16(22)11-21-8-6-13(9-21)23-10-14(17-20-23)12-4-5-12/h10,12-13H,1-9,11H2. The smallest absolute Gasteiger partial charge is 0.147 e. The summed E-state index contributed by atoms with van der Waals surface area (Å²) in [6.45, 7) is 4.14. The molecular weight excluding hydrogens is 290 g/mol. The van der Waals surface area contributed by atoms with Crippen molar-refractivity contribution in [1.29, 1.82) is 0 Å². The van der Waals surface area contributed by atoms with E-state index >= 15 is 0 Å². The van der Waals surface area contributed by atoms with E-state index < -0.39 is 0 Å². The lowest BCUT2D eigenvalue weighted by Crippen LogP contribution is -2.24. The predicted octanol–water partition coefficient (Wildman–Crippen LogP) is 1.53. The Morgan fingerprint density at radius 1 is 1.04 bits per heavy atom. The number of fused-ring (bicyclic) bond motifs is 1. The Labute approximate surface area is 135 Å². The maximum atomic E-state index is 4.43. The SMILES string of the molecule is c1c(C2CC2)nnn1C1CCN(Cc2nnc3n2CCCC3)C1. The maximum absolute atomic E-state index is 4.43. The second kappa shape index (κ2) is 5.40. The molecule has 5 rings (SSSR count). The zero-order valence-corrected chi connectivity index (χ0v) is 13.4. The highest BCUT2D eigenvalue weighted by Crippen LogP contribution is 2.39. The van der Waals surface area contributed by atoms with E-state index in [1.807, 2.05) is 0 Å². The lowest BCUT2D eigenvalue weighted by molar-refractivity contribution is 0.295. The Kier molecular flexibility index (Phi) is 3.21. The summed E-state index contributed by atoms with van der Waals surface area (Å²) in [5, 5.41) is 17.5. The van der Waals surface area contributed by atoms with Gasteiger partial charge < -0.3 is 4.57 Å². The molecule has 7 heteroatoms. The van der Waals surface area contributed by atoms with E-state index in [9.17, 15) is 0 Å². The van der Waals surface area contributed by atoms with Gasteiger partial charge in [0.25, 0.3) is 0 Å². The normalized spacial score (nSPS) is 25.0. The van der Waals surface area contributed by atoms with Gasteiger partial charge in [-0.25, -0.2) is 4.68 Å². The van der Waals surface area contributed by atoms with Crippen molar-refractivity contribution in [3.05, 3.63) is 23.5 Å². The molecule has 0 N–H and O–H groups in total. The Morgan fingerprint density at radius 3 is 2.91 bits per heavy atom. The van der Waals surface area contributed by atoms with E-state index in [0.717, 1.165) is 44.8 Å². The van der Waals surface area contributed by atoms with Crippen LogP contribution in [-0.4, -0.2) is 47.7 Å². The highest BCUT2D eigenvalue weighted by molar-refractivity contribution is 5.09. The molecule has 2 aromatic rings. The molecule has 1 atom stereocenters. The molecular formula is C16H23N7. The molecule has 0 bridgehead atoms. The first-order chi connectivity index (χ1) is 11.4. The Morgan fingerprint density at radius 2 is 2.00 bits per heavy atom. The molecule has 0 aromatic carbocycles. The molecule has 3 aliphatic rings. The lowest BCUT2D eigenvalue weighted by Gasteiger charge is -2.18. The van der Waals surface area contributed by atoms with Crippen molar-refractivity contribution in [3.63, 3.8) is 0 Å². The molecule has 2 aliphatic heterocycles. The number of likely N-dealkylation sites (tertiary alicyclic amines) is 1. The van der Waals surface area contributed by atoms with Crippen LogP contribution in [0, 0.1) is 0 Å². The van der Waals surface area contributed by atoms with Gasteiger partial charge in [-0.1, -0.05) is 5.21 Å². The zero-order chi connectivity index (χ0) is 15.2. The van der Waals surface area contributed by atoms with Gasteiger partial charge in [0.05, 0.1) is 18.3 Å². The van der Waals surface area contributed by atoms with Crippen LogP contribution in [0.3, 0.4) is 0 Å². The second-order valence-electron chi connectivity index (χ2n) is 7.22. The molecule has 1 saturated carbocycles. The highest BCUT2D eigenvalue weighted by atomic mass is 15.4. The average molecular weight is 313 g/mol. The summed E-state index contributed by atoms with van der Waals surface area (Å²) < 4.78 is 4.42. The van der Waals surface area contributed by atoms with Crippen molar-refractivity contribution in [3.8, 4) is 0 Å². The van der Waals surface area contributed by atoms with Crippen molar-refractivity contribution in [2.45, 2.75) is 63.6 Å². The quantitative estimate of drug-likeness (QED) is 0.856. The van der Waals surface area contributed by atoms with Crippen LogP contribution in [0.5, 0.6) is 0 Å². The van der Waals surface area contributed by atoms with Crippen LogP contribution in [0.15, 0.2) is 6.20 Å². The summed E-state index contributed by atoms with van der Waals surface area (Å²) in [7, 11) is 0. The van der Waals surface area contributed by atoms with Crippen molar-refractivity contribution in [2.75, 3.05) is 13.1 Å². The predicted molar refractivity (Wildman–Crippen MR) is 83.9 cm³/mol. The third kappa shape index (κ3) is 2.56. The van der Waals surface area contributed by atoms with Gasteiger partial charge in [-0.05, 0) is 32.1 Å². The van der Waals surface area contributed by atoms with Gasteiger partial charge in [0.15, 0.2) is 0 Å². The molecule has 23 heavy (non-hydrogen) atoms. The van der Waals surface area contributed by atoms with Gasteiger partial charge in [0.2, 0.25) is 0 Å². The minimum atomic E-state index is 0.457. The molecule has 0 amide bonds. The van der Waals surface area contributed by atoms with E-state index in [-0.39, 0.29) is 0 Å². The third-order valence-corrected chi connectivity index (χ3v) is 5.45. The first-order valence-corrected chi connectivity index (χ1v) is 8.92. The van der Waals surface area contributed by atoms with Crippen LogP contribution in [-0.2, 0) is 19.5 Å². The summed E-state index contributed by atoms with van der Waals surface area (Å²) in [5.41, 5.74) is 1.19. The summed E-state index contributed by atoms with van der Waals surface area (Å²) in [5.74, 6) is 2.99. The lowest BCUT2D eigenvalue weighted by atomic mass is 10.2. The largest absolute Gasteiger partial charge is 0.314 e. The Hall–Kier alpha value is -1.76. The fraction of sp³-hybridized carbons (Fsp3) is 0.750. The van der Waals surface area contributed by atoms with E-state index in [1.165, 1.54) is 37.2 Å². The van der Waals surface area contributed by atoms with E-state index in [1.54, 1.807) is 0 Å². The third-order valence-electron chi connectivity index (χ3n) is 5.45. The molecule has 2 aromatic heterocycles. The maximum Gasteiger partial charge on any atom is 0.147 e. The van der Waals surface area contributed by atoms with Crippen LogP contribution in [0.25, 0.3) is 0 Å². The first-order valence-electron chi connectivity index (χ1n) is 8.92. The summed E-state index contributed by atoms with van der Waals surface area (Å²) in [4.78, 5) is 2.48. The first kappa shape index (κ1) is 13.7. The Balaban J connectivity index is 1.25. The number of aryl methyl sites for hydroxylation is 1. The zero-order valence-electron chi connectivity index (χ0n) is 13.4. The van der Waals surface area contributed by atoms with E-state index in [0.29, 0.717) is 12.0 Å². The molecule has 1 unspecified atom stereocenters. The summed E-state index contributed by atoms with van der Waals surface area (Å²) in [6, 6.07) is 0.457. The number of nitrogens with zero attached hydrogens (tertiary/aromatic N) is 7. The van der Waals surface area contributed by atoms with Gasteiger partial charge in [-0.2, -0.15) is 0 Å². The number of hydrogen-bond donors (Lipinski definition) is 0. The second-order valence-corrected chi connectivity index (χ2v) is 7.22. The van der Waals surface area contributed by atoms with Crippen molar-refractivity contribution in [2.24, 2.45) is 0 Å². The molecule has 4 heterocycles. The monoisotopic (exact) mass is 313 g/mol. The van der Waals surface area contributed by atoms with Crippen LogP contribution in [0.1, 0.15) is 61.4 Å². The minimum Gasteiger partial charge on any atom is -0.314 e. The summed E-state index contributed by atoms with van der Waals surface area (Å²) >= 11 is 0. The van der Waals surface area contributed by atoms with Gasteiger partial charge in [0, 0.05) is 38.2 Å². The molecule has 1 saturated heterocycles. The van der Waals surface area contributed by atoms with Crippen molar-refractivity contribution in [1.82, 2.24) is 34.7 Å². The topological polar surface area (TPSA) is 64.7 Å². The van der Waals surface area contributed by atoms with Crippen LogP contribution < -0.4 is 0 Å². The minimum absolute atomic E-state index is 0.457. The summed E-state index contributed by atoms with van der Waals surface area (Å²) in [6.07, 6.45) is 9.47. The van der Waals surface area contributed by atoms with Crippen LogP contribution in [0.2, 0.25) is 0 Å². The molecule has 2 fully saturated rings. The number of hydrogen-bond acceptors (Lipinski definition) is 5. The molecule has 122 valence electrons. The van der Waals surface area contributed by atoms with Gasteiger partial charge in [-0.15, -0.1) is 15.3 Å². The van der Waals surface area contributed by atoms with Crippen molar-refractivity contribution >= 4 is 0 Å². The molecule has 0 spiro atoms.